The van der Waals surface area contributed by atoms with Crippen LogP contribution in [0.3, 0.4) is 0 Å². The Morgan fingerprint density at radius 2 is 1.14 bits per heavy atom. The van der Waals surface area contributed by atoms with Crippen molar-refractivity contribution >= 4 is 5.97 Å². The van der Waals surface area contributed by atoms with Crippen molar-refractivity contribution in [3.05, 3.63) is 54.1 Å². The first kappa shape index (κ1) is 27.1. The molecule has 4 nitrogen and oxygen atoms in total. The standard InChI is InChI=1S/C31H44O4/c1-3-5-7-9-25-11-13-26(14-12-25)10-8-24-34-29-19-21-30(22-20-29)35-31(32)27-15-17-28(18-16-27)33-23-6-4-2/h15-22,25-26H,3-14,23-24H2,1-2H3. The molecule has 1 saturated carbocycles. The Kier molecular flexibility index (Phi) is 12.0. The summed E-state index contributed by atoms with van der Waals surface area (Å²) < 4.78 is 17.1. The van der Waals surface area contributed by atoms with Crippen molar-refractivity contribution < 1.29 is 19.0 Å². The van der Waals surface area contributed by atoms with Crippen LogP contribution in [0, 0.1) is 11.8 Å². The van der Waals surface area contributed by atoms with Crippen molar-refractivity contribution in [1.82, 2.24) is 0 Å². The number of carbonyl (C=O) groups excluding carboxylic acids is 1. The van der Waals surface area contributed by atoms with E-state index in [1.807, 2.05) is 24.3 Å². The van der Waals surface area contributed by atoms with Gasteiger partial charge in [0.2, 0.25) is 0 Å². The molecule has 0 bridgehead atoms. The lowest BCUT2D eigenvalue weighted by Crippen LogP contribution is -2.15. The molecule has 1 aliphatic carbocycles. The fourth-order valence-corrected chi connectivity index (χ4v) is 4.85. The molecule has 0 atom stereocenters. The summed E-state index contributed by atoms with van der Waals surface area (Å²) in [4.78, 5) is 12.4. The van der Waals surface area contributed by atoms with Gasteiger partial charge < -0.3 is 14.2 Å². The lowest BCUT2D eigenvalue weighted by atomic mass is 9.78. The van der Waals surface area contributed by atoms with Crippen LogP contribution in [0.1, 0.15) is 101 Å². The summed E-state index contributed by atoms with van der Waals surface area (Å²) >= 11 is 0. The summed E-state index contributed by atoms with van der Waals surface area (Å²) in [5.41, 5.74) is 0.503. The molecule has 1 fully saturated rings. The van der Waals surface area contributed by atoms with Crippen LogP contribution in [0.15, 0.2) is 48.5 Å². The van der Waals surface area contributed by atoms with E-state index in [4.69, 9.17) is 14.2 Å². The van der Waals surface area contributed by atoms with Gasteiger partial charge in [0.15, 0.2) is 0 Å². The third-order valence-corrected chi connectivity index (χ3v) is 7.10. The normalized spacial score (nSPS) is 17.7. The minimum atomic E-state index is -0.376. The maximum absolute atomic E-state index is 12.4. The van der Waals surface area contributed by atoms with Crippen LogP contribution < -0.4 is 14.2 Å². The van der Waals surface area contributed by atoms with E-state index in [1.165, 1.54) is 57.8 Å². The first-order chi connectivity index (χ1) is 17.2. The van der Waals surface area contributed by atoms with E-state index in [9.17, 15) is 4.79 Å². The van der Waals surface area contributed by atoms with Gasteiger partial charge in [0.1, 0.15) is 17.2 Å². The minimum Gasteiger partial charge on any atom is -0.494 e. The zero-order chi connectivity index (χ0) is 24.7. The molecule has 0 N–H and O–H groups in total. The summed E-state index contributed by atoms with van der Waals surface area (Å²) in [5, 5.41) is 0. The molecule has 0 aliphatic heterocycles. The highest BCUT2D eigenvalue weighted by Crippen LogP contribution is 2.34. The molecule has 3 rings (SSSR count). The molecule has 1 aliphatic rings. The van der Waals surface area contributed by atoms with Crippen LogP contribution in [0.5, 0.6) is 17.2 Å². The van der Waals surface area contributed by atoms with Gasteiger partial charge in [-0.2, -0.15) is 0 Å². The summed E-state index contributed by atoms with van der Waals surface area (Å²) in [6.45, 7) is 5.84. The molecular formula is C31H44O4. The monoisotopic (exact) mass is 480 g/mol. The average Bonchev–Trinajstić information content (AvgIpc) is 2.89. The van der Waals surface area contributed by atoms with Crippen LogP contribution in [0.4, 0.5) is 0 Å². The average molecular weight is 481 g/mol. The molecule has 35 heavy (non-hydrogen) atoms. The third-order valence-electron chi connectivity index (χ3n) is 7.10. The Balaban J connectivity index is 1.31. The lowest BCUT2D eigenvalue weighted by Gasteiger charge is -2.28. The quantitative estimate of drug-likeness (QED) is 0.145. The topological polar surface area (TPSA) is 44.8 Å². The Morgan fingerprint density at radius 1 is 0.657 bits per heavy atom. The fraction of sp³-hybridized carbons (Fsp3) is 0.581. The van der Waals surface area contributed by atoms with E-state index in [-0.39, 0.29) is 5.97 Å². The Morgan fingerprint density at radius 3 is 1.71 bits per heavy atom. The summed E-state index contributed by atoms with van der Waals surface area (Å²) in [7, 11) is 0. The van der Waals surface area contributed by atoms with Gasteiger partial charge in [0.25, 0.3) is 0 Å². The molecule has 0 spiro atoms. The first-order valence-corrected chi connectivity index (χ1v) is 13.9. The summed E-state index contributed by atoms with van der Waals surface area (Å²) in [6.07, 6.45) is 15.7. The van der Waals surface area contributed by atoms with Gasteiger partial charge in [-0.15, -0.1) is 0 Å². The number of benzene rings is 2. The smallest absolute Gasteiger partial charge is 0.343 e. The van der Waals surface area contributed by atoms with Gasteiger partial charge in [-0.1, -0.05) is 71.6 Å². The van der Waals surface area contributed by atoms with Crippen molar-refractivity contribution in [3.8, 4) is 17.2 Å². The van der Waals surface area contributed by atoms with Gasteiger partial charge in [-0.25, -0.2) is 4.79 Å². The molecule has 0 aromatic heterocycles. The number of rotatable bonds is 15. The SMILES string of the molecule is CCCCCC1CCC(CCCOc2ccc(OC(=O)c3ccc(OCCCC)cc3)cc2)CC1. The van der Waals surface area contributed by atoms with Crippen molar-refractivity contribution in [2.24, 2.45) is 11.8 Å². The second kappa shape index (κ2) is 15.5. The van der Waals surface area contributed by atoms with Crippen LogP contribution >= 0.6 is 0 Å². The molecule has 0 unspecified atom stereocenters. The van der Waals surface area contributed by atoms with Crippen LogP contribution in [0.25, 0.3) is 0 Å². The number of hydrogen-bond donors (Lipinski definition) is 0. The Bertz CT molecular complexity index is 835. The third kappa shape index (κ3) is 9.95. The summed E-state index contributed by atoms with van der Waals surface area (Å²) in [6, 6.07) is 14.4. The molecule has 0 amide bonds. The number of unbranched alkanes of at least 4 members (excludes halogenated alkanes) is 3. The van der Waals surface area contributed by atoms with Crippen molar-refractivity contribution in [2.75, 3.05) is 13.2 Å². The highest BCUT2D eigenvalue weighted by Gasteiger charge is 2.20. The van der Waals surface area contributed by atoms with Crippen LogP contribution in [-0.2, 0) is 0 Å². The highest BCUT2D eigenvalue weighted by molar-refractivity contribution is 5.91. The highest BCUT2D eigenvalue weighted by atomic mass is 16.5. The number of esters is 1. The molecule has 0 heterocycles. The van der Waals surface area contributed by atoms with Crippen molar-refractivity contribution in [2.45, 2.75) is 90.9 Å². The number of ether oxygens (including phenoxy) is 3. The molecular weight excluding hydrogens is 436 g/mol. The molecule has 2 aromatic rings. The van der Waals surface area contributed by atoms with E-state index in [0.29, 0.717) is 17.9 Å². The zero-order valence-corrected chi connectivity index (χ0v) is 21.8. The first-order valence-electron chi connectivity index (χ1n) is 13.9. The predicted molar refractivity (Wildman–Crippen MR) is 143 cm³/mol. The molecule has 192 valence electrons. The van der Waals surface area contributed by atoms with E-state index in [2.05, 4.69) is 13.8 Å². The van der Waals surface area contributed by atoms with Crippen molar-refractivity contribution in [3.63, 3.8) is 0 Å². The van der Waals surface area contributed by atoms with Crippen LogP contribution in [0.2, 0.25) is 0 Å². The number of hydrogen-bond acceptors (Lipinski definition) is 4. The summed E-state index contributed by atoms with van der Waals surface area (Å²) in [5.74, 6) is 3.58. The van der Waals surface area contributed by atoms with Crippen molar-refractivity contribution in [1.29, 1.82) is 0 Å². The number of carbonyl (C=O) groups is 1. The second-order valence-electron chi connectivity index (χ2n) is 9.96. The van der Waals surface area contributed by atoms with Gasteiger partial charge in [0.05, 0.1) is 18.8 Å². The predicted octanol–water partition coefficient (Wildman–Crippen LogP) is 8.63. The zero-order valence-electron chi connectivity index (χ0n) is 21.8. The van der Waals surface area contributed by atoms with Gasteiger partial charge >= 0.3 is 5.97 Å². The second-order valence-corrected chi connectivity index (χ2v) is 9.96. The molecule has 0 saturated heterocycles. The van der Waals surface area contributed by atoms with Gasteiger partial charge in [0, 0.05) is 0 Å². The largest absolute Gasteiger partial charge is 0.494 e. The van der Waals surface area contributed by atoms with E-state index < -0.39 is 0 Å². The van der Waals surface area contributed by atoms with Gasteiger partial charge in [-0.3, -0.25) is 0 Å². The van der Waals surface area contributed by atoms with Crippen LogP contribution in [-0.4, -0.2) is 19.2 Å². The fourth-order valence-electron chi connectivity index (χ4n) is 4.85. The maximum atomic E-state index is 12.4. The maximum Gasteiger partial charge on any atom is 0.343 e. The molecule has 0 radical (unpaired) electrons. The Labute approximate surface area is 212 Å². The minimum absolute atomic E-state index is 0.376. The van der Waals surface area contributed by atoms with E-state index >= 15 is 0 Å². The molecule has 2 aromatic carbocycles. The lowest BCUT2D eigenvalue weighted by molar-refractivity contribution is 0.0734. The van der Waals surface area contributed by atoms with E-state index in [1.54, 1.807) is 24.3 Å². The Hall–Kier alpha value is -2.49. The van der Waals surface area contributed by atoms with Gasteiger partial charge in [-0.05, 0) is 79.6 Å². The molecule has 4 heteroatoms. The van der Waals surface area contributed by atoms with E-state index in [0.717, 1.165) is 49.2 Å².